The van der Waals surface area contributed by atoms with E-state index in [4.69, 9.17) is 4.74 Å². The summed E-state index contributed by atoms with van der Waals surface area (Å²) in [6, 6.07) is 8.32. The topological polar surface area (TPSA) is 32.8 Å². The number of piperazine rings is 1. The van der Waals surface area contributed by atoms with E-state index in [2.05, 4.69) is 28.0 Å². The van der Waals surface area contributed by atoms with E-state index in [1.165, 1.54) is 44.1 Å². The molecule has 4 aliphatic carbocycles. The summed E-state index contributed by atoms with van der Waals surface area (Å²) in [6.07, 6.45) is 9.19. The smallest absolute Gasteiger partial charge is 0.223 e. The number of benzene rings is 1. The molecule has 4 nitrogen and oxygen atoms in total. The fourth-order valence-corrected chi connectivity index (χ4v) is 7.12. The van der Waals surface area contributed by atoms with Gasteiger partial charge in [-0.1, -0.05) is 12.1 Å². The van der Waals surface area contributed by atoms with E-state index in [0.29, 0.717) is 11.3 Å². The van der Waals surface area contributed by atoms with E-state index in [1.54, 1.807) is 7.11 Å². The molecule has 0 N–H and O–H groups in total. The van der Waals surface area contributed by atoms with E-state index < -0.39 is 0 Å². The minimum absolute atomic E-state index is 0.365. The van der Waals surface area contributed by atoms with Crippen LogP contribution in [0.1, 0.15) is 50.5 Å². The molecule has 0 atom stereocenters. The van der Waals surface area contributed by atoms with Crippen molar-refractivity contribution in [2.45, 2.75) is 51.5 Å². The maximum atomic E-state index is 13.1. The van der Waals surface area contributed by atoms with Crippen LogP contribution >= 0.6 is 0 Å². The number of ether oxygens (including phenoxy) is 1. The summed E-state index contributed by atoms with van der Waals surface area (Å²) < 4.78 is 5.34. The largest absolute Gasteiger partial charge is 0.497 e. The fraction of sp³-hybridized carbons (Fsp3) is 0.708. The van der Waals surface area contributed by atoms with Crippen LogP contribution in [0.2, 0.25) is 0 Å². The van der Waals surface area contributed by atoms with Crippen molar-refractivity contribution in [3.63, 3.8) is 0 Å². The Labute approximate surface area is 169 Å². The average Bonchev–Trinajstić information content (AvgIpc) is 2.67. The van der Waals surface area contributed by atoms with Crippen LogP contribution in [0.15, 0.2) is 24.3 Å². The first-order valence-electron chi connectivity index (χ1n) is 11.2. The van der Waals surface area contributed by atoms with E-state index in [0.717, 1.165) is 62.6 Å². The number of nitrogens with zero attached hydrogens (tertiary/aromatic N) is 2. The molecule has 1 saturated heterocycles. The summed E-state index contributed by atoms with van der Waals surface area (Å²) in [5.74, 6) is 4.14. The molecule has 1 aliphatic heterocycles. The van der Waals surface area contributed by atoms with Crippen molar-refractivity contribution < 1.29 is 9.53 Å². The van der Waals surface area contributed by atoms with Gasteiger partial charge in [-0.05, 0) is 79.4 Å². The summed E-state index contributed by atoms with van der Waals surface area (Å²) in [5.41, 5.74) is 1.65. The van der Waals surface area contributed by atoms with E-state index in [9.17, 15) is 4.79 Å². The molecule has 1 aromatic carbocycles. The molecule has 0 unspecified atom stereocenters. The summed E-state index contributed by atoms with van der Waals surface area (Å²) in [4.78, 5) is 17.7. The monoisotopic (exact) mass is 382 g/mol. The Hall–Kier alpha value is -1.55. The van der Waals surface area contributed by atoms with Crippen LogP contribution in [-0.4, -0.2) is 49.0 Å². The van der Waals surface area contributed by atoms with Gasteiger partial charge in [-0.3, -0.25) is 9.69 Å². The van der Waals surface area contributed by atoms with Gasteiger partial charge in [-0.25, -0.2) is 0 Å². The minimum atomic E-state index is 0.365. The Balaban J connectivity index is 1.14. The van der Waals surface area contributed by atoms with Gasteiger partial charge in [0, 0.05) is 39.1 Å². The number of amides is 1. The molecule has 0 spiro atoms. The molecule has 1 aromatic rings. The standard InChI is InChI=1S/C24H34N2O2/c1-28-22-4-2-3-18(12-22)17-25-5-7-26(8-6-25)23(27)16-24-13-19-9-20(14-24)11-21(10-19)15-24/h2-4,12,19-21H,5-11,13-17H2,1H3. The van der Waals surface area contributed by atoms with Crippen LogP contribution in [-0.2, 0) is 11.3 Å². The lowest BCUT2D eigenvalue weighted by Crippen LogP contribution is -2.52. The number of rotatable bonds is 5. The molecule has 0 radical (unpaired) electrons. The van der Waals surface area contributed by atoms with Gasteiger partial charge in [0.05, 0.1) is 7.11 Å². The SMILES string of the molecule is COc1cccc(CN2CCN(C(=O)CC34CC5CC(CC(C5)C3)C4)CC2)c1. The maximum Gasteiger partial charge on any atom is 0.223 e. The molecule has 1 heterocycles. The van der Waals surface area contributed by atoms with E-state index in [-0.39, 0.29) is 0 Å². The summed E-state index contributed by atoms with van der Waals surface area (Å²) in [5, 5.41) is 0. The zero-order valence-corrected chi connectivity index (χ0v) is 17.2. The highest BCUT2D eigenvalue weighted by atomic mass is 16.5. The highest BCUT2D eigenvalue weighted by Crippen LogP contribution is 2.61. The van der Waals surface area contributed by atoms with Crippen molar-refractivity contribution in [3.8, 4) is 5.75 Å². The summed E-state index contributed by atoms with van der Waals surface area (Å²) in [7, 11) is 1.72. The van der Waals surface area contributed by atoms with Crippen molar-refractivity contribution in [1.29, 1.82) is 0 Å². The molecule has 28 heavy (non-hydrogen) atoms. The lowest BCUT2D eigenvalue weighted by Gasteiger charge is -2.57. The zero-order valence-electron chi connectivity index (χ0n) is 17.2. The highest BCUT2D eigenvalue weighted by molar-refractivity contribution is 5.77. The van der Waals surface area contributed by atoms with Crippen LogP contribution < -0.4 is 4.74 Å². The van der Waals surface area contributed by atoms with Crippen molar-refractivity contribution in [3.05, 3.63) is 29.8 Å². The van der Waals surface area contributed by atoms with Crippen LogP contribution in [0.5, 0.6) is 5.75 Å². The summed E-state index contributed by atoms with van der Waals surface area (Å²) >= 11 is 0. The van der Waals surface area contributed by atoms with Gasteiger partial charge in [0.15, 0.2) is 0 Å². The van der Waals surface area contributed by atoms with Gasteiger partial charge in [0.25, 0.3) is 0 Å². The predicted octanol–water partition coefficient (Wildman–Crippen LogP) is 3.95. The summed E-state index contributed by atoms with van der Waals surface area (Å²) in [6.45, 7) is 4.66. The quantitative estimate of drug-likeness (QED) is 0.773. The number of hydrogen-bond donors (Lipinski definition) is 0. The minimum Gasteiger partial charge on any atom is -0.497 e. The molecule has 1 amide bonds. The Morgan fingerprint density at radius 1 is 1.04 bits per heavy atom. The first kappa shape index (κ1) is 18.5. The molecule has 6 rings (SSSR count). The van der Waals surface area contributed by atoms with E-state index >= 15 is 0 Å². The molecule has 152 valence electrons. The Morgan fingerprint density at radius 3 is 2.29 bits per heavy atom. The molecule has 4 bridgehead atoms. The normalized spacial score (nSPS) is 34.6. The van der Waals surface area contributed by atoms with Gasteiger partial charge < -0.3 is 9.64 Å². The first-order valence-corrected chi connectivity index (χ1v) is 11.2. The second-order valence-electron chi connectivity index (χ2n) is 10.1. The molecule has 0 aromatic heterocycles. The predicted molar refractivity (Wildman–Crippen MR) is 110 cm³/mol. The maximum absolute atomic E-state index is 13.1. The molecule has 5 fully saturated rings. The molecular formula is C24H34N2O2. The van der Waals surface area contributed by atoms with Gasteiger partial charge in [0.2, 0.25) is 5.91 Å². The average molecular weight is 383 g/mol. The van der Waals surface area contributed by atoms with Crippen LogP contribution in [0.4, 0.5) is 0 Å². The third kappa shape index (κ3) is 3.68. The Kier molecular flexibility index (Phi) is 4.86. The Bertz CT molecular complexity index is 688. The number of carbonyl (C=O) groups excluding carboxylic acids is 1. The molecule has 4 heteroatoms. The van der Waals surface area contributed by atoms with Crippen molar-refractivity contribution >= 4 is 5.91 Å². The van der Waals surface area contributed by atoms with Gasteiger partial charge in [-0.15, -0.1) is 0 Å². The second kappa shape index (κ2) is 7.37. The zero-order chi connectivity index (χ0) is 19.1. The van der Waals surface area contributed by atoms with Gasteiger partial charge >= 0.3 is 0 Å². The molecule has 5 aliphatic rings. The lowest BCUT2D eigenvalue weighted by molar-refractivity contribution is -0.141. The van der Waals surface area contributed by atoms with Crippen LogP contribution in [0.3, 0.4) is 0 Å². The van der Waals surface area contributed by atoms with E-state index in [1.807, 2.05) is 6.07 Å². The van der Waals surface area contributed by atoms with Gasteiger partial charge in [-0.2, -0.15) is 0 Å². The van der Waals surface area contributed by atoms with Crippen LogP contribution in [0.25, 0.3) is 0 Å². The second-order valence-corrected chi connectivity index (χ2v) is 10.1. The highest BCUT2D eigenvalue weighted by Gasteiger charge is 2.51. The Morgan fingerprint density at radius 2 is 1.68 bits per heavy atom. The molecule has 4 saturated carbocycles. The van der Waals surface area contributed by atoms with Gasteiger partial charge in [0.1, 0.15) is 5.75 Å². The molecular weight excluding hydrogens is 348 g/mol. The fourth-order valence-electron chi connectivity index (χ4n) is 7.12. The van der Waals surface area contributed by atoms with Crippen molar-refractivity contribution in [2.75, 3.05) is 33.3 Å². The first-order chi connectivity index (χ1) is 13.6. The van der Waals surface area contributed by atoms with Crippen molar-refractivity contribution in [1.82, 2.24) is 9.80 Å². The third-order valence-electron chi connectivity index (χ3n) is 7.96. The lowest BCUT2D eigenvalue weighted by atomic mass is 9.49. The van der Waals surface area contributed by atoms with Crippen molar-refractivity contribution in [2.24, 2.45) is 23.2 Å². The number of methoxy groups -OCH3 is 1. The number of hydrogen-bond acceptors (Lipinski definition) is 3. The number of carbonyl (C=O) groups is 1. The van der Waals surface area contributed by atoms with Crippen LogP contribution in [0, 0.1) is 23.2 Å². The third-order valence-corrected chi connectivity index (χ3v) is 7.96.